The zero-order chi connectivity index (χ0) is 13.0. The summed E-state index contributed by atoms with van der Waals surface area (Å²) in [6.45, 7) is 4.02. The topological polar surface area (TPSA) is 71.2 Å². The van der Waals surface area contributed by atoms with E-state index in [1.807, 2.05) is 13.8 Å². The van der Waals surface area contributed by atoms with Gasteiger partial charge in [-0.05, 0) is 19.9 Å². The van der Waals surface area contributed by atoms with Gasteiger partial charge in [-0.15, -0.1) is 0 Å². The van der Waals surface area contributed by atoms with Crippen molar-refractivity contribution in [3.05, 3.63) is 17.3 Å². The van der Waals surface area contributed by atoms with Gasteiger partial charge in [0, 0.05) is 13.1 Å². The summed E-state index contributed by atoms with van der Waals surface area (Å²) in [5.74, 6) is 0.469. The third-order valence-electron chi connectivity index (χ3n) is 2.03. The molecule has 0 radical (unpaired) electrons. The molecule has 0 atom stereocenters. The second-order valence-corrected chi connectivity index (χ2v) is 4.56. The molecular weight excluding hydrogens is 240 g/mol. The first-order valence-corrected chi connectivity index (χ1v) is 5.69. The molecule has 1 rings (SSSR count). The molecule has 1 aromatic heterocycles. The van der Waals surface area contributed by atoms with E-state index in [0.717, 1.165) is 0 Å². The minimum Gasteiger partial charge on any atom is -0.397 e. The summed E-state index contributed by atoms with van der Waals surface area (Å²) in [5, 5.41) is 3.23. The number of pyridine rings is 1. The van der Waals surface area contributed by atoms with Crippen LogP contribution in [0.1, 0.15) is 13.8 Å². The maximum atomic E-state index is 11.6. The zero-order valence-corrected chi connectivity index (χ0v) is 11.0. The summed E-state index contributed by atoms with van der Waals surface area (Å²) in [7, 11) is 1.75. The van der Waals surface area contributed by atoms with Crippen LogP contribution in [-0.4, -0.2) is 30.5 Å². The fourth-order valence-corrected chi connectivity index (χ4v) is 1.70. The van der Waals surface area contributed by atoms with E-state index in [1.54, 1.807) is 18.0 Å². The molecule has 0 aliphatic heterocycles. The maximum Gasteiger partial charge on any atom is 0.239 e. The Morgan fingerprint density at radius 2 is 2.29 bits per heavy atom. The fourth-order valence-electron chi connectivity index (χ4n) is 1.38. The number of amides is 1. The van der Waals surface area contributed by atoms with Gasteiger partial charge in [0.25, 0.3) is 0 Å². The molecule has 0 saturated heterocycles. The van der Waals surface area contributed by atoms with Gasteiger partial charge in [0.05, 0.1) is 23.5 Å². The lowest BCUT2D eigenvalue weighted by atomic mass is 10.3. The summed E-state index contributed by atoms with van der Waals surface area (Å²) >= 11 is 6.00. The van der Waals surface area contributed by atoms with Crippen molar-refractivity contribution < 1.29 is 4.79 Å². The molecule has 17 heavy (non-hydrogen) atoms. The van der Waals surface area contributed by atoms with Gasteiger partial charge in [-0.25, -0.2) is 4.98 Å². The Morgan fingerprint density at radius 1 is 1.65 bits per heavy atom. The van der Waals surface area contributed by atoms with Gasteiger partial charge in [0.2, 0.25) is 5.91 Å². The number of hydrogen-bond donors (Lipinski definition) is 2. The molecule has 0 aliphatic rings. The van der Waals surface area contributed by atoms with Gasteiger partial charge in [0.1, 0.15) is 5.82 Å². The van der Waals surface area contributed by atoms with Crippen LogP contribution in [0.5, 0.6) is 0 Å². The molecule has 0 fully saturated rings. The Balaban J connectivity index is 2.69. The Bertz CT molecular complexity index is 408. The highest BCUT2D eigenvalue weighted by Crippen LogP contribution is 2.23. The molecular formula is C11H17ClN4O. The number of carbonyl (C=O) groups is 1. The van der Waals surface area contributed by atoms with E-state index in [2.05, 4.69) is 10.3 Å². The number of halogens is 1. The van der Waals surface area contributed by atoms with E-state index >= 15 is 0 Å². The molecule has 0 spiro atoms. The highest BCUT2D eigenvalue weighted by Gasteiger charge is 2.12. The van der Waals surface area contributed by atoms with Crippen LogP contribution in [-0.2, 0) is 4.79 Å². The van der Waals surface area contributed by atoms with Crippen LogP contribution in [0.3, 0.4) is 0 Å². The normalized spacial score (nSPS) is 10.4. The SMILES string of the molecule is CC(C)NC(=O)CN(C)c1ncc(N)cc1Cl. The first-order valence-electron chi connectivity index (χ1n) is 5.31. The molecule has 6 heteroatoms. The lowest BCUT2D eigenvalue weighted by Gasteiger charge is -2.19. The van der Waals surface area contributed by atoms with Crippen LogP contribution in [0.25, 0.3) is 0 Å². The van der Waals surface area contributed by atoms with Gasteiger partial charge in [-0.2, -0.15) is 0 Å². The summed E-state index contributed by atoms with van der Waals surface area (Å²) in [4.78, 5) is 17.3. The number of hydrogen-bond acceptors (Lipinski definition) is 4. The summed E-state index contributed by atoms with van der Waals surface area (Å²) in [6, 6.07) is 1.73. The Morgan fingerprint density at radius 3 is 2.82 bits per heavy atom. The van der Waals surface area contributed by atoms with Gasteiger partial charge in [-0.3, -0.25) is 4.79 Å². The number of nitrogens with one attached hydrogen (secondary N) is 1. The van der Waals surface area contributed by atoms with E-state index < -0.39 is 0 Å². The van der Waals surface area contributed by atoms with E-state index in [0.29, 0.717) is 16.5 Å². The summed E-state index contributed by atoms with van der Waals surface area (Å²) in [5.41, 5.74) is 6.05. The van der Waals surface area contributed by atoms with Crippen molar-refractivity contribution in [3.63, 3.8) is 0 Å². The molecule has 0 saturated carbocycles. The molecule has 1 aromatic rings. The fraction of sp³-hybridized carbons (Fsp3) is 0.455. The van der Waals surface area contributed by atoms with Gasteiger partial charge >= 0.3 is 0 Å². The van der Waals surface area contributed by atoms with Gasteiger partial charge < -0.3 is 16.0 Å². The van der Waals surface area contributed by atoms with Gasteiger partial charge in [0.15, 0.2) is 0 Å². The molecule has 0 aliphatic carbocycles. The van der Waals surface area contributed by atoms with Crippen molar-refractivity contribution in [1.29, 1.82) is 0 Å². The van der Waals surface area contributed by atoms with Crippen molar-refractivity contribution in [2.24, 2.45) is 0 Å². The zero-order valence-electron chi connectivity index (χ0n) is 10.2. The number of nitrogen functional groups attached to an aromatic ring is 1. The Hall–Kier alpha value is -1.49. The number of aromatic nitrogens is 1. The van der Waals surface area contributed by atoms with Crippen molar-refractivity contribution in [3.8, 4) is 0 Å². The number of anilines is 2. The molecule has 5 nitrogen and oxygen atoms in total. The third-order valence-corrected chi connectivity index (χ3v) is 2.31. The number of carbonyl (C=O) groups excluding carboxylic acids is 1. The first-order chi connectivity index (χ1) is 7.90. The second kappa shape index (κ2) is 5.72. The van der Waals surface area contributed by atoms with E-state index in [9.17, 15) is 4.79 Å². The van der Waals surface area contributed by atoms with Crippen molar-refractivity contribution in [2.75, 3.05) is 24.2 Å². The summed E-state index contributed by atoms with van der Waals surface area (Å²) in [6.07, 6.45) is 1.51. The average molecular weight is 257 g/mol. The second-order valence-electron chi connectivity index (χ2n) is 4.15. The lowest BCUT2D eigenvalue weighted by Crippen LogP contribution is -2.38. The molecule has 0 unspecified atom stereocenters. The first kappa shape index (κ1) is 13.6. The van der Waals surface area contributed by atoms with E-state index in [-0.39, 0.29) is 18.5 Å². The highest BCUT2D eigenvalue weighted by molar-refractivity contribution is 6.33. The molecule has 1 amide bonds. The molecule has 3 N–H and O–H groups in total. The standard InChI is InChI=1S/C11H17ClN4O/c1-7(2)15-10(17)6-16(3)11-9(12)4-8(13)5-14-11/h4-5,7H,6,13H2,1-3H3,(H,15,17). The molecule has 0 aromatic carbocycles. The van der Waals surface area contributed by atoms with E-state index in [4.69, 9.17) is 17.3 Å². The predicted molar refractivity (Wildman–Crippen MR) is 70.2 cm³/mol. The van der Waals surface area contributed by atoms with Crippen LogP contribution in [0, 0.1) is 0 Å². The monoisotopic (exact) mass is 256 g/mol. The van der Waals surface area contributed by atoms with Crippen LogP contribution in [0.15, 0.2) is 12.3 Å². The van der Waals surface area contributed by atoms with Crippen LogP contribution in [0.2, 0.25) is 5.02 Å². The third kappa shape index (κ3) is 4.11. The number of likely N-dealkylation sites (N-methyl/N-ethyl adjacent to an activating group) is 1. The quantitative estimate of drug-likeness (QED) is 0.851. The number of nitrogens with zero attached hydrogens (tertiary/aromatic N) is 2. The Kier molecular flexibility index (Phi) is 4.57. The molecule has 94 valence electrons. The minimum absolute atomic E-state index is 0.0720. The highest BCUT2D eigenvalue weighted by atomic mass is 35.5. The van der Waals surface area contributed by atoms with Crippen molar-refractivity contribution in [1.82, 2.24) is 10.3 Å². The molecule has 1 heterocycles. The Labute approximate surface area is 106 Å². The van der Waals surface area contributed by atoms with Crippen LogP contribution in [0.4, 0.5) is 11.5 Å². The summed E-state index contributed by atoms with van der Waals surface area (Å²) < 4.78 is 0. The van der Waals surface area contributed by atoms with Crippen LogP contribution >= 0.6 is 11.6 Å². The smallest absolute Gasteiger partial charge is 0.239 e. The van der Waals surface area contributed by atoms with Crippen LogP contribution < -0.4 is 16.0 Å². The van der Waals surface area contributed by atoms with Crippen molar-refractivity contribution in [2.45, 2.75) is 19.9 Å². The average Bonchev–Trinajstić information content (AvgIpc) is 2.15. The number of nitrogens with two attached hydrogens (primary N) is 1. The minimum atomic E-state index is -0.0720. The number of rotatable bonds is 4. The van der Waals surface area contributed by atoms with Gasteiger partial charge in [-0.1, -0.05) is 11.6 Å². The predicted octanol–water partition coefficient (Wildman–Crippen LogP) is 1.28. The largest absolute Gasteiger partial charge is 0.397 e. The van der Waals surface area contributed by atoms with E-state index in [1.165, 1.54) is 6.20 Å². The lowest BCUT2D eigenvalue weighted by molar-refractivity contribution is -0.120. The maximum absolute atomic E-state index is 11.6. The van der Waals surface area contributed by atoms with Crippen molar-refractivity contribution >= 4 is 29.0 Å². The molecule has 0 bridgehead atoms.